The molecule has 1 heterocycles. The molecule has 94 valence electrons. The van der Waals surface area contributed by atoms with Crippen molar-refractivity contribution in [3.05, 3.63) is 0 Å². The van der Waals surface area contributed by atoms with E-state index in [1.54, 1.807) is 0 Å². The maximum Gasteiger partial charge on any atom is 0.222 e. The Morgan fingerprint density at radius 3 is 2.88 bits per heavy atom. The van der Waals surface area contributed by atoms with E-state index in [-0.39, 0.29) is 5.91 Å². The van der Waals surface area contributed by atoms with Crippen LogP contribution in [0.4, 0.5) is 0 Å². The summed E-state index contributed by atoms with van der Waals surface area (Å²) in [6.07, 6.45) is 3.70. The summed E-state index contributed by atoms with van der Waals surface area (Å²) in [6, 6.07) is 0.885. The van der Waals surface area contributed by atoms with Crippen LogP contribution < -0.4 is 10.6 Å². The monoisotopic (exact) mass is 228 g/mol. The predicted octanol–water partition coefficient (Wildman–Crippen LogP) is 1.06. The summed E-state index contributed by atoms with van der Waals surface area (Å²) in [7, 11) is 0. The molecule has 1 amide bonds. The number of rotatable bonds is 6. The normalized spacial score (nSPS) is 25.4. The highest BCUT2D eigenvalue weighted by Gasteiger charge is 2.18. The summed E-state index contributed by atoms with van der Waals surface area (Å²) in [4.78, 5) is 11.5. The van der Waals surface area contributed by atoms with Crippen molar-refractivity contribution >= 4 is 5.91 Å². The molecule has 0 aromatic carbocycles. The Labute approximate surface area is 98.1 Å². The lowest BCUT2D eigenvalue weighted by molar-refractivity contribution is -0.123. The van der Waals surface area contributed by atoms with Gasteiger partial charge in [0.1, 0.15) is 0 Å². The zero-order valence-corrected chi connectivity index (χ0v) is 10.4. The summed E-state index contributed by atoms with van der Waals surface area (Å²) >= 11 is 0. The third kappa shape index (κ3) is 5.47. The molecule has 2 atom stereocenters. The Kier molecular flexibility index (Phi) is 6.42. The first-order chi connectivity index (χ1) is 7.72. The van der Waals surface area contributed by atoms with Crippen LogP contribution in [0.5, 0.6) is 0 Å². The molecule has 16 heavy (non-hydrogen) atoms. The summed E-state index contributed by atoms with van der Waals surface area (Å²) in [5.41, 5.74) is 0. The average molecular weight is 228 g/mol. The van der Waals surface area contributed by atoms with E-state index in [1.165, 1.54) is 0 Å². The van der Waals surface area contributed by atoms with Gasteiger partial charge in [0.15, 0.2) is 0 Å². The van der Waals surface area contributed by atoms with Gasteiger partial charge in [-0.2, -0.15) is 0 Å². The number of hydrogen-bond acceptors (Lipinski definition) is 3. The van der Waals surface area contributed by atoms with Gasteiger partial charge in [0.05, 0.1) is 6.61 Å². The lowest BCUT2D eigenvalue weighted by Gasteiger charge is -2.28. The van der Waals surface area contributed by atoms with Crippen LogP contribution in [-0.4, -0.2) is 37.7 Å². The van der Waals surface area contributed by atoms with Crippen molar-refractivity contribution in [2.24, 2.45) is 0 Å². The molecule has 1 aliphatic rings. The standard InChI is InChI=1S/C12H24N2O2/c1-3-7-16-8-6-12(15)14-11-5-4-10(2)13-9-11/h10-11,13H,3-9H2,1-2H3,(H,14,15). The van der Waals surface area contributed by atoms with Crippen molar-refractivity contribution in [1.29, 1.82) is 0 Å². The van der Waals surface area contributed by atoms with Gasteiger partial charge < -0.3 is 15.4 Å². The number of hydrogen-bond donors (Lipinski definition) is 2. The molecule has 0 aliphatic carbocycles. The highest BCUT2D eigenvalue weighted by molar-refractivity contribution is 5.76. The predicted molar refractivity (Wildman–Crippen MR) is 64.4 cm³/mol. The van der Waals surface area contributed by atoms with Gasteiger partial charge in [-0.05, 0) is 26.2 Å². The van der Waals surface area contributed by atoms with Gasteiger partial charge in [0.25, 0.3) is 0 Å². The van der Waals surface area contributed by atoms with Gasteiger partial charge in [-0.15, -0.1) is 0 Å². The molecule has 1 aliphatic heterocycles. The summed E-state index contributed by atoms with van der Waals surface area (Å²) in [5.74, 6) is 0.109. The van der Waals surface area contributed by atoms with E-state index < -0.39 is 0 Å². The lowest BCUT2D eigenvalue weighted by Crippen LogP contribution is -2.48. The second-order valence-electron chi connectivity index (χ2n) is 4.51. The van der Waals surface area contributed by atoms with Gasteiger partial charge in [0, 0.05) is 31.7 Å². The van der Waals surface area contributed by atoms with E-state index >= 15 is 0 Å². The molecule has 2 N–H and O–H groups in total. The third-order valence-corrected chi connectivity index (χ3v) is 2.85. The zero-order valence-electron chi connectivity index (χ0n) is 10.4. The topological polar surface area (TPSA) is 50.4 Å². The minimum absolute atomic E-state index is 0.109. The molecule has 0 saturated carbocycles. The number of amides is 1. The Bertz CT molecular complexity index is 201. The molecule has 0 spiro atoms. The van der Waals surface area contributed by atoms with Crippen LogP contribution in [0.25, 0.3) is 0 Å². The first-order valence-corrected chi connectivity index (χ1v) is 6.33. The second kappa shape index (κ2) is 7.63. The maximum absolute atomic E-state index is 11.5. The Morgan fingerprint density at radius 1 is 1.44 bits per heavy atom. The summed E-state index contributed by atoms with van der Waals surface area (Å²) in [5, 5.41) is 6.40. The molecular formula is C12H24N2O2. The van der Waals surface area contributed by atoms with Crippen molar-refractivity contribution in [1.82, 2.24) is 10.6 Å². The van der Waals surface area contributed by atoms with Crippen molar-refractivity contribution in [3.8, 4) is 0 Å². The first kappa shape index (κ1) is 13.5. The number of piperidine rings is 1. The highest BCUT2D eigenvalue weighted by Crippen LogP contribution is 2.07. The SMILES string of the molecule is CCCOCCC(=O)NC1CCC(C)NC1. The average Bonchev–Trinajstić information content (AvgIpc) is 2.28. The summed E-state index contributed by atoms with van der Waals surface area (Å²) in [6.45, 7) is 6.42. The minimum atomic E-state index is 0.109. The van der Waals surface area contributed by atoms with Crippen molar-refractivity contribution in [3.63, 3.8) is 0 Å². The molecule has 4 nitrogen and oxygen atoms in total. The van der Waals surface area contributed by atoms with E-state index in [2.05, 4.69) is 24.5 Å². The first-order valence-electron chi connectivity index (χ1n) is 6.33. The van der Waals surface area contributed by atoms with Crippen LogP contribution in [0, 0.1) is 0 Å². The summed E-state index contributed by atoms with van der Waals surface area (Å²) < 4.78 is 5.28. The Balaban J connectivity index is 2.05. The molecule has 0 aromatic rings. The van der Waals surface area contributed by atoms with Crippen LogP contribution in [0.15, 0.2) is 0 Å². The van der Waals surface area contributed by atoms with Crippen LogP contribution in [-0.2, 0) is 9.53 Å². The second-order valence-corrected chi connectivity index (χ2v) is 4.51. The van der Waals surface area contributed by atoms with Gasteiger partial charge >= 0.3 is 0 Å². The number of carbonyl (C=O) groups is 1. The van der Waals surface area contributed by atoms with Gasteiger partial charge in [-0.1, -0.05) is 6.92 Å². The molecule has 1 fully saturated rings. The van der Waals surface area contributed by atoms with Crippen molar-refractivity contribution in [2.75, 3.05) is 19.8 Å². The van der Waals surface area contributed by atoms with E-state index in [0.717, 1.165) is 32.4 Å². The Morgan fingerprint density at radius 2 is 2.25 bits per heavy atom. The zero-order chi connectivity index (χ0) is 11.8. The highest BCUT2D eigenvalue weighted by atomic mass is 16.5. The van der Waals surface area contributed by atoms with E-state index in [0.29, 0.717) is 25.1 Å². The van der Waals surface area contributed by atoms with Crippen LogP contribution in [0.2, 0.25) is 0 Å². The molecular weight excluding hydrogens is 204 g/mol. The van der Waals surface area contributed by atoms with Crippen LogP contribution in [0.1, 0.15) is 39.5 Å². The number of carbonyl (C=O) groups excluding carboxylic acids is 1. The van der Waals surface area contributed by atoms with Crippen molar-refractivity contribution < 1.29 is 9.53 Å². The maximum atomic E-state index is 11.5. The van der Waals surface area contributed by atoms with Crippen LogP contribution >= 0.6 is 0 Å². The van der Waals surface area contributed by atoms with Crippen LogP contribution in [0.3, 0.4) is 0 Å². The number of ether oxygens (including phenoxy) is 1. The Hall–Kier alpha value is -0.610. The quantitative estimate of drug-likeness (QED) is 0.668. The molecule has 2 unspecified atom stereocenters. The van der Waals surface area contributed by atoms with Gasteiger partial charge in [-0.3, -0.25) is 4.79 Å². The van der Waals surface area contributed by atoms with E-state index in [1.807, 2.05) is 0 Å². The minimum Gasteiger partial charge on any atom is -0.381 e. The molecule has 0 aromatic heterocycles. The lowest BCUT2D eigenvalue weighted by atomic mass is 10.0. The molecule has 0 bridgehead atoms. The molecule has 4 heteroatoms. The van der Waals surface area contributed by atoms with Crippen molar-refractivity contribution in [2.45, 2.75) is 51.6 Å². The number of nitrogens with one attached hydrogen (secondary N) is 2. The molecule has 1 saturated heterocycles. The third-order valence-electron chi connectivity index (χ3n) is 2.85. The fraction of sp³-hybridized carbons (Fsp3) is 0.917. The van der Waals surface area contributed by atoms with E-state index in [9.17, 15) is 4.79 Å². The molecule has 1 rings (SSSR count). The molecule has 0 radical (unpaired) electrons. The fourth-order valence-corrected chi connectivity index (χ4v) is 1.83. The largest absolute Gasteiger partial charge is 0.381 e. The van der Waals surface area contributed by atoms with Gasteiger partial charge in [0.2, 0.25) is 5.91 Å². The van der Waals surface area contributed by atoms with Gasteiger partial charge in [-0.25, -0.2) is 0 Å². The smallest absolute Gasteiger partial charge is 0.222 e. The van der Waals surface area contributed by atoms with E-state index in [4.69, 9.17) is 4.74 Å². The fourth-order valence-electron chi connectivity index (χ4n) is 1.83.